The van der Waals surface area contributed by atoms with Crippen LogP contribution >= 0.6 is 23.2 Å². The van der Waals surface area contributed by atoms with Gasteiger partial charge in [-0.1, -0.05) is 85.7 Å². The Bertz CT molecular complexity index is 1470. The second kappa shape index (κ2) is 11.1. The quantitative estimate of drug-likeness (QED) is 0.227. The lowest BCUT2D eigenvalue weighted by Crippen LogP contribution is -2.13. The number of allylic oxidation sites excluding steroid dienone is 1. The fourth-order valence-electron chi connectivity index (χ4n) is 4.18. The number of hydrogen-bond donors (Lipinski definition) is 1. The highest BCUT2D eigenvalue weighted by Crippen LogP contribution is 2.42. The van der Waals surface area contributed by atoms with Gasteiger partial charge in [-0.3, -0.25) is 0 Å². The Morgan fingerprint density at radius 2 is 1.67 bits per heavy atom. The molecule has 0 aliphatic rings. The maximum absolute atomic E-state index is 6.98. The van der Waals surface area contributed by atoms with E-state index in [4.69, 9.17) is 28.2 Å². The van der Waals surface area contributed by atoms with Crippen LogP contribution in [0, 0.1) is 0 Å². The Morgan fingerprint density at radius 3 is 2.25 bits per heavy atom. The van der Waals surface area contributed by atoms with Crippen LogP contribution in [0.15, 0.2) is 79.1 Å². The number of benzene rings is 2. The highest BCUT2D eigenvalue weighted by atomic mass is 35.5. The Morgan fingerprint density at radius 1 is 1.03 bits per heavy atom. The predicted molar refractivity (Wildman–Crippen MR) is 156 cm³/mol. The maximum Gasteiger partial charge on any atom is 0.0724 e. The summed E-state index contributed by atoms with van der Waals surface area (Å²) in [6, 6.07) is 17.9. The molecule has 1 N–H and O–H groups in total. The molecular formula is C30H28Cl2N4. The third kappa shape index (κ3) is 4.93. The summed E-state index contributed by atoms with van der Waals surface area (Å²) in [4.78, 5) is 4.83. The number of aromatic nitrogens is 2. The number of halogens is 2. The van der Waals surface area contributed by atoms with Crippen LogP contribution in [0.3, 0.4) is 0 Å². The van der Waals surface area contributed by atoms with Gasteiger partial charge in [0, 0.05) is 47.3 Å². The Hall–Kier alpha value is -3.44. The smallest absolute Gasteiger partial charge is 0.0724 e. The van der Waals surface area contributed by atoms with E-state index in [0.717, 1.165) is 69.1 Å². The number of hydrogen-bond acceptors (Lipinski definition) is 3. The van der Waals surface area contributed by atoms with E-state index < -0.39 is 0 Å². The molecule has 0 bridgehead atoms. The van der Waals surface area contributed by atoms with E-state index in [9.17, 15) is 0 Å². The summed E-state index contributed by atoms with van der Waals surface area (Å²) >= 11 is 14.0. The average Bonchev–Trinajstić information content (AvgIpc) is 3.33. The lowest BCUT2D eigenvalue weighted by atomic mass is 9.97. The van der Waals surface area contributed by atoms with Crippen LogP contribution < -0.4 is 5.32 Å². The molecule has 2 aromatic heterocycles. The Kier molecular flexibility index (Phi) is 7.90. The summed E-state index contributed by atoms with van der Waals surface area (Å²) in [5, 5.41) is 8.60. The maximum atomic E-state index is 6.98. The van der Waals surface area contributed by atoms with Crippen LogP contribution in [0.1, 0.15) is 30.8 Å². The SMILES string of the molecule is C=Cc1nc(-c2cccc(-c3cccc(-c4cc(C(=C)C)n(N=C)c4)c3Cl)c2Cl)ccc1CNCC. The first kappa shape index (κ1) is 25.6. The van der Waals surface area contributed by atoms with Crippen molar-refractivity contribution in [3.8, 4) is 33.5 Å². The molecule has 2 aromatic carbocycles. The van der Waals surface area contributed by atoms with Crippen molar-refractivity contribution in [2.45, 2.75) is 20.4 Å². The highest BCUT2D eigenvalue weighted by Gasteiger charge is 2.18. The van der Waals surface area contributed by atoms with Crippen LogP contribution in [0.5, 0.6) is 0 Å². The van der Waals surface area contributed by atoms with Crippen LogP contribution in [0.2, 0.25) is 10.0 Å². The van der Waals surface area contributed by atoms with E-state index in [1.807, 2.05) is 61.7 Å². The second-order valence-electron chi connectivity index (χ2n) is 8.44. The van der Waals surface area contributed by atoms with Crippen molar-refractivity contribution in [1.82, 2.24) is 15.0 Å². The predicted octanol–water partition coefficient (Wildman–Crippen LogP) is 8.44. The van der Waals surface area contributed by atoms with Crippen molar-refractivity contribution < 1.29 is 0 Å². The summed E-state index contributed by atoms with van der Waals surface area (Å²) in [5.41, 5.74) is 8.78. The zero-order chi connectivity index (χ0) is 25.8. The first-order chi connectivity index (χ1) is 17.4. The molecule has 4 aromatic rings. The number of nitrogens with zero attached hydrogens (tertiary/aromatic N) is 3. The minimum atomic E-state index is 0.589. The van der Waals surface area contributed by atoms with E-state index in [1.54, 1.807) is 10.8 Å². The highest BCUT2D eigenvalue weighted by molar-refractivity contribution is 6.39. The minimum Gasteiger partial charge on any atom is -0.313 e. The molecule has 0 saturated carbocycles. The molecule has 0 fully saturated rings. The molecule has 4 nitrogen and oxygen atoms in total. The van der Waals surface area contributed by atoms with Gasteiger partial charge in [0.15, 0.2) is 0 Å². The number of nitrogens with one attached hydrogen (secondary N) is 1. The van der Waals surface area contributed by atoms with Crippen LogP contribution in [-0.2, 0) is 6.54 Å². The molecule has 0 saturated heterocycles. The molecule has 0 atom stereocenters. The third-order valence-electron chi connectivity index (χ3n) is 6.04. The van der Waals surface area contributed by atoms with Gasteiger partial charge >= 0.3 is 0 Å². The summed E-state index contributed by atoms with van der Waals surface area (Å²) < 4.78 is 1.71. The van der Waals surface area contributed by atoms with Crippen molar-refractivity contribution in [3.05, 3.63) is 101 Å². The molecule has 0 aliphatic carbocycles. The summed E-state index contributed by atoms with van der Waals surface area (Å²) in [5.74, 6) is 0. The number of rotatable bonds is 9. The Balaban J connectivity index is 1.79. The topological polar surface area (TPSA) is 42.2 Å². The molecule has 0 unspecified atom stereocenters. The zero-order valence-corrected chi connectivity index (χ0v) is 22.0. The van der Waals surface area contributed by atoms with E-state index in [-0.39, 0.29) is 0 Å². The van der Waals surface area contributed by atoms with Crippen LogP contribution in [-0.4, -0.2) is 22.9 Å². The minimum absolute atomic E-state index is 0.589. The molecule has 0 radical (unpaired) electrons. The summed E-state index contributed by atoms with van der Waals surface area (Å²) in [7, 11) is 0. The largest absolute Gasteiger partial charge is 0.313 e. The molecule has 0 aliphatic heterocycles. The third-order valence-corrected chi connectivity index (χ3v) is 6.85. The van der Waals surface area contributed by atoms with E-state index in [0.29, 0.717) is 10.0 Å². The van der Waals surface area contributed by atoms with Gasteiger partial charge in [-0.2, -0.15) is 5.10 Å². The standard InChI is InChI=1S/C30H28Cl2N4/c1-6-26-20(17-34-7-2)14-15-27(35-26)25-13-9-12-24(30(25)32)23-11-8-10-22(29(23)31)21-16-28(19(3)4)36(18-21)33-5/h6,8-16,18,34H,1,3,5,7,17H2,2,4H3. The van der Waals surface area contributed by atoms with Crippen molar-refractivity contribution in [1.29, 1.82) is 0 Å². The normalized spacial score (nSPS) is 10.9. The molecule has 0 spiro atoms. The summed E-state index contributed by atoms with van der Waals surface area (Å²) in [6.07, 6.45) is 3.67. The van der Waals surface area contributed by atoms with Crippen molar-refractivity contribution in [3.63, 3.8) is 0 Å². The fraction of sp³-hybridized carbons (Fsp3) is 0.133. The lowest BCUT2D eigenvalue weighted by Gasteiger charge is -2.14. The van der Waals surface area contributed by atoms with E-state index >= 15 is 0 Å². The van der Waals surface area contributed by atoms with Crippen molar-refractivity contribution >= 4 is 41.6 Å². The molecule has 2 heterocycles. The molecule has 36 heavy (non-hydrogen) atoms. The van der Waals surface area contributed by atoms with Crippen molar-refractivity contribution in [2.75, 3.05) is 6.54 Å². The fourth-order valence-corrected chi connectivity index (χ4v) is 4.84. The van der Waals surface area contributed by atoms with Gasteiger partial charge in [0.1, 0.15) is 0 Å². The molecule has 182 valence electrons. The van der Waals surface area contributed by atoms with Crippen LogP contribution in [0.4, 0.5) is 0 Å². The van der Waals surface area contributed by atoms with Gasteiger partial charge in [-0.05, 0) is 42.8 Å². The van der Waals surface area contributed by atoms with Crippen molar-refractivity contribution in [2.24, 2.45) is 5.10 Å². The summed E-state index contributed by atoms with van der Waals surface area (Å²) in [6.45, 7) is 17.3. The molecule has 0 amide bonds. The van der Waals surface area contributed by atoms with Gasteiger partial charge in [0.25, 0.3) is 0 Å². The van der Waals surface area contributed by atoms with Gasteiger partial charge in [0.2, 0.25) is 0 Å². The van der Waals surface area contributed by atoms with E-state index in [1.165, 1.54) is 0 Å². The van der Waals surface area contributed by atoms with Gasteiger partial charge in [-0.25, -0.2) is 9.66 Å². The lowest BCUT2D eigenvalue weighted by molar-refractivity contribution is 0.723. The first-order valence-electron chi connectivity index (χ1n) is 11.7. The first-order valence-corrected chi connectivity index (χ1v) is 12.4. The van der Waals surface area contributed by atoms with Gasteiger partial charge in [-0.15, -0.1) is 0 Å². The molecule has 4 rings (SSSR count). The van der Waals surface area contributed by atoms with Crippen LogP contribution in [0.25, 0.3) is 45.2 Å². The number of pyridine rings is 1. The van der Waals surface area contributed by atoms with E-state index in [2.05, 4.69) is 43.3 Å². The Labute approximate surface area is 222 Å². The molecule has 6 heteroatoms. The monoisotopic (exact) mass is 514 g/mol. The zero-order valence-electron chi connectivity index (χ0n) is 20.5. The average molecular weight is 515 g/mol. The van der Waals surface area contributed by atoms with Gasteiger partial charge < -0.3 is 5.32 Å². The second-order valence-corrected chi connectivity index (χ2v) is 9.20. The molecular weight excluding hydrogens is 487 g/mol. The van der Waals surface area contributed by atoms with Gasteiger partial charge in [0.05, 0.1) is 27.1 Å².